The van der Waals surface area contributed by atoms with Gasteiger partial charge in [-0.1, -0.05) is 29.3 Å². The molecule has 0 saturated heterocycles. The minimum absolute atomic E-state index is 0.127. The molecule has 0 aromatic heterocycles. The van der Waals surface area contributed by atoms with Gasteiger partial charge in [-0.2, -0.15) is 0 Å². The second kappa shape index (κ2) is 5.56. The summed E-state index contributed by atoms with van der Waals surface area (Å²) in [6, 6.07) is 2.32. The van der Waals surface area contributed by atoms with Gasteiger partial charge in [-0.15, -0.1) is 0 Å². The number of halogens is 3. The first-order chi connectivity index (χ1) is 7.10. The van der Waals surface area contributed by atoms with Gasteiger partial charge in [-0.3, -0.25) is 0 Å². The SMILES string of the molecule is CCCC(NC)c1c(F)cc(Br)cc1F. The Bertz CT molecular complexity index is 318. The molecule has 4 heteroatoms. The molecule has 0 spiro atoms. The molecule has 0 aliphatic rings. The highest BCUT2D eigenvalue weighted by molar-refractivity contribution is 9.10. The molecule has 0 amide bonds. The molecule has 1 rings (SSSR count). The lowest BCUT2D eigenvalue weighted by Gasteiger charge is -2.17. The van der Waals surface area contributed by atoms with Crippen LogP contribution in [0.1, 0.15) is 31.4 Å². The van der Waals surface area contributed by atoms with Gasteiger partial charge in [0.1, 0.15) is 11.6 Å². The topological polar surface area (TPSA) is 12.0 Å². The van der Waals surface area contributed by atoms with E-state index in [0.29, 0.717) is 10.9 Å². The van der Waals surface area contributed by atoms with Crippen molar-refractivity contribution < 1.29 is 8.78 Å². The van der Waals surface area contributed by atoms with E-state index in [0.717, 1.165) is 6.42 Å². The monoisotopic (exact) mass is 277 g/mol. The Kier molecular flexibility index (Phi) is 4.67. The van der Waals surface area contributed by atoms with Crippen LogP contribution in [-0.4, -0.2) is 7.05 Å². The zero-order valence-corrected chi connectivity index (χ0v) is 10.4. The number of benzene rings is 1. The number of hydrogen-bond acceptors (Lipinski definition) is 1. The lowest BCUT2D eigenvalue weighted by Crippen LogP contribution is -2.19. The fraction of sp³-hybridized carbons (Fsp3) is 0.455. The maximum atomic E-state index is 13.6. The number of hydrogen-bond donors (Lipinski definition) is 1. The van der Waals surface area contributed by atoms with Crippen molar-refractivity contribution in [3.8, 4) is 0 Å². The molecular weight excluding hydrogens is 264 g/mol. The summed E-state index contributed by atoms with van der Waals surface area (Å²) in [6.45, 7) is 1.99. The van der Waals surface area contributed by atoms with Crippen LogP contribution in [0.25, 0.3) is 0 Å². The molecule has 1 atom stereocenters. The first-order valence-corrected chi connectivity index (χ1v) is 5.71. The largest absolute Gasteiger partial charge is 0.313 e. The molecule has 0 fully saturated rings. The third-order valence-electron chi connectivity index (χ3n) is 2.32. The van der Waals surface area contributed by atoms with Crippen LogP contribution in [0.3, 0.4) is 0 Å². The first-order valence-electron chi connectivity index (χ1n) is 4.91. The highest BCUT2D eigenvalue weighted by Crippen LogP contribution is 2.27. The van der Waals surface area contributed by atoms with Crippen molar-refractivity contribution in [2.24, 2.45) is 0 Å². The zero-order valence-electron chi connectivity index (χ0n) is 8.78. The normalized spacial score (nSPS) is 12.9. The van der Waals surface area contributed by atoms with Crippen LogP contribution < -0.4 is 5.32 Å². The fourth-order valence-electron chi connectivity index (χ4n) is 1.61. The molecule has 1 aromatic rings. The fourth-order valence-corrected chi connectivity index (χ4v) is 2.01. The molecule has 1 N–H and O–H groups in total. The minimum Gasteiger partial charge on any atom is -0.313 e. The van der Waals surface area contributed by atoms with Crippen molar-refractivity contribution in [3.05, 3.63) is 33.8 Å². The quantitative estimate of drug-likeness (QED) is 0.883. The summed E-state index contributed by atoms with van der Waals surface area (Å²) in [6.07, 6.45) is 1.59. The molecule has 0 radical (unpaired) electrons. The standard InChI is InChI=1S/C11H14BrF2N/c1-3-4-10(15-2)11-8(13)5-7(12)6-9(11)14/h5-6,10,15H,3-4H2,1-2H3. The first kappa shape index (κ1) is 12.6. The smallest absolute Gasteiger partial charge is 0.132 e. The van der Waals surface area contributed by atoms with Crippen LogP contribution in [0, 0.1) is 11.6 Å². The Morgan fingerprint density at radius 1 is 1.33 bits per heavy atom. The summed E-state index contributed by atoms with van der Waals surface area (Å²) < 4.78 is 27.5. The molecule has 1 nitrogen and oxygen atoms in total. The highest BCUT2D eigenvalue weighted by Gasteiger charge is 2.18. The third kappa shape index (κ3) is 2.98. The Labute approximate surface area is 97.0 Å². The molecule has 0 bridgehead atoms. The summed E-state index contributed by atoms with van der Waals surface area (Å²) in [5.74, 6) is -1.01. The number of rotatable bonds is 4. The van der Waals surface area contributed by atoms with Gasteiger partial charge in [0.15, 0.2) is 0 Å². The van der Waals surface area contributed by atoms with E-state index in [1.807, 2.05) is 6.92 Å². The van der Waals surface area contributed by atoms with Crippen molar-refractivity contribution in [1.82, 2.24) is 5.32 Å². The molecular formula is C11H14BrF2N. The number of nitrogens with one attached hydrogen (secondary N) is 1. The average molecular weight is 278 g/mol. The van der Waals surface area contributed by atoms with Gasteiger partial charge in [-0.25, -0.2) is 8.78 Å². The van der Waals surface area contributed by atoms with E-state index in [2.05, 4.69) is 21.2 Å². The molecule has 15 heavy (non-hydrogen) atoms. The molecule has 0 heterocycles. The van der Waals surface area contributed by atoms with Gasteiger partial charge in [0.25, 0.3) is 0 Å². The zero-order chi connectivity index (χ0) is 11.4. The van der Waals surface area contributed by atoms with Gasteiger partial charge in [0.2, 0.25) is 0 Å². The van der Waals surface area contributed by atoms with Crippen LogP contribution in [0.2, 0.25) is 0 Å². The Morgan fingerprint density at radius 2 is 1.87 bits per heavy atom. The van der Waals surface area contributed by atoms with Crippen molar-refractivity contribution in [2.45, 2.75) is 25.8 Å². The van der Waals surface area contributed by atoms with Crippen LogP contribution in [0.15, 0.2) is 16.6 Å². The minimum atomic E-state index is -0.505. The lowest BCUT2D eigenvalue weighted by molar-refractivity contribution is 0.467. The van der Waals surface area contributed by atoms with Gasteiger partial charge in [0.05, 0.1) is 0 Å². The third-order valence-corrected chi connectivity index (χ3v) is 2.78. The van der Waals surface area contributed by atoms with Crippen molar-refractivity contribution in [3.63, 3.8) is 0 Å². The predicted molar refractivity (Wildman–Crippen MR) is 60.8 cm³/mol. The molecule has 1 aromatic carbocycles. The summed E-state index contributed by atoms with van der Waals surface area (Å²) in [4.78, 5) is 0. The van der Waals surface area contributed by atoms with E-state index in [-0.39, 0.29) is 11.6 Å². The maximum absolute atomic E-state index is 13.6. The molecule has 0 aliphatic carbocycles. The molecule has 1 unspecified atom stereocenters. The van der Waals surface area contributed by atoms with E-state index in [4.69, 9.17) is 0 Å². The molecule has 0 saturated carbocycles. The average Bonchev–Trinajstić information content (AvgIpc) is 2.14. The van der Waals surface area contributed by atoms with Crippen LogP contribution in [0.4, 0.5) is 8.78 Å². The molecule has 0 aliphatic heterocycles. The summed E-state index contributed by atoms with van der Waals surface area (Å²) in [5, 5.41) is 2.93. The lowest BCUT2D eigenvalue weighted by atomic mass is 10.0. The van der Waals surface area contributed by atoms with Crippen LogP contribution in [-0.2, 0) is 0 Å². The van der Waals surface area contributed by atoms with Crippen molar-refractivity contribution in [2.75, 3.05) is 7.05 Å². The van der Waals surface area contributed by atoms with Gasteiger partial charge in [-0.05, 0) is 25.6 Å². The Balaban J connectivity index is 3.11. The summed E-state index contributed by atoms with van der Waals surface area (Å²) in [7, 11) is 1.71. The highest BCUT2D eigenvalue weighted by atomic mass is 79.9. The Hall–Kier alpha value is -0.480. The summed E-state index contributed by atoms with van der Waals surface area (Å²) in [5.41, 5.74) is 0.127. The van der Waals surface area contributed by atoms with Crippen molar-refractivity contribution >= 4 is 15.9 Å². The van der Waals surface area contributed by atoms with E-state index in [1.165, 1.54) is 12.1 Å². The van der Waals surface area contributed by atoms with E-state index in [9.17, 15) is 8.78 Å². The van der Waals surface area contributed by atoms with E-state index < -0.39 is 11.6 Å². The predicted octanol–water partition coefficient (Wildman–Crippen LogP) is 3.79. The second-order valence-corrected chi connectivity index (χ2v) is 4.33. The van der Waals surface area contributed by atoms with Crippen LogP contribution in [0.5, 0.6) is 0 Å². The second-order valence-electron chi connectivity index (χ2n) is 3.41. The maximum Gasteiger partial charge on any atom is 0.132 e. The van der Waals surface area contributed by atoms with Gasteiger partial charge >= 0.3 is 0 Å². The molecule has 84 valence electrons. The van der Waals surface area contributed by atoms with Gasteiger partial charge in [0, 0.05) is 16.1 Å². The van der Waals surface area contributed by atoms with Crippen molar-refractivity contribution in [1.29, 1.82) is 0 Å². The summed E-state index contributed by atoms with van der Waals surface area (Å²) >= 11 is 3.06. The van der Waals surface area contributed by atoms with Crippen LogP contribution >= 0.6 is 15.9 Å². The van der Waals surface area contributed by atoms with Gasteiger partial charge < -0.3 is 5.32 Å². The van der Waals surface area contributed by atoms with E-state index >= 15 is 0 Å². The Morgan fingerprint density at radius 3 is 2.27 bits per heavy atom. The van der Waals surface area contributed by atoms with E-state index in [1.54, 1.807) is 7.05 Å².